The van der Waals surface area contributed by atoms with Crippen LogP contribution in [0, 0.1) is 0 Å². The molecule has 0 aromatic rings. The van der Waals surface area contributed by atoms with Crippen LogP contribution in [0.15, 0.2) is 0 Å². The van der Waals surface area contributed by atoms with Crippen LogP contribution in [-0.4, -0.2) is 47.8 Å². The summed E-state index contributed by atoms with van der Waals surface area (Å²) in [5, 5.41) is 13.2. The Kier molecular flexibility index (Phi) is 3.71. The molecule has 2 unspecified atom stereocenters. The lowest BCUT2D eigenvalue weighted by atomic mass is 10.1. The van der Waals surface area contributed by atoms with Gasteiger partial charge in [-0.3, -0.25) is 4.90 Å². The summed E-state index contributed by atoms with van der Waals surface area (Å²) in [6.07, 6.45) is 1.15. The molecule has 0 amide bonds. The number of β-amino-alcohol motifs (C(OH)–C–C–N with tert-alkyl or cyclic N) is 1. The van der Waals surface area contributed by atoms with Crippen LogP contribution in [-0.2, 0) is 0 Å². The quantitative estimate of drug-likeness (QED) is 0.657. The molecule has 1 saturated heterocycles. The minimum Gasteiger partial charge on any atom is -0.388 e. The zero-order valence-electron chi connectivity index (χ0n) is 9.01. The molecule has 0 radical (unpaired) electrons. The highest BCUT2D eigenvalue weighted by molar-refractivity contribution is 4.86. The highest BCUT2D eigenvalue weighted by Crippen LogP contribution is 2.12. The van der Waals surface area contributed by atoms with Gasteiger partial charge in [0.15, 0.2) is 0 Å². The normalized spacial score (nSPS) is 37.4. The standard InChI is InChI=1S/C10H22N2O/c1-4-5-12-8-10(3,13)7-11-6-9(12)2/h9,11,13H,4-8H2,1-3H3. The van der Waals surface area contributed by atoms with Crippen molar-refractivity contribution in [3.63, 3.8) is 0 Å². The predicted octanol–water partition coefficient (Wildman–Crippen LogP) is 0.441. The number of aliphatic hydroxyl groups is 1. The largest absolute Gasteiger partial charge is 0.388 e. The van der Waals surface area contributed by atoms with E-state index in [-0.39, 0.29) is 0 Å². The van der Waals surface area contributed by atoms with Crippen molar-refractivity contribution in [3.05, 3.63) is 0 Å². The predicted molar refractivity (Wildman–Crippen MR) is 54.8 cm³/mol. The van der Waals surface area contributed by atoms with Gasteiger partial charge in [0.25, 0.3) is 0 Å². The molecule has 0 bridgehead atoms. The summed E-state index contributed by atoms with van der Waals surface area (Å²) in [7, 11) is 0. The van der Waals surface area contributed by atoms with Gasteiger partial charge >= 0.3 is 0 Å². The Hall–Kier alpha value is -0.120. The summed E-state index contributed by atoms with van der Waals surface area (Å²) in [6.45, 7) is 9.85. The van der Waals surface area contributed by atoms with Crippen LogP contribution in [0.3, 0.4) is 0 Å². The summed E-state index contributed by atoms with van der Waals surface area (Å²) in [5.41, 5.74) is -0.570. The van der Waals surface area contributed by atoms with Crippen LogP contribution >= 0.6 is 0 Å². The molecule has 2 atom stereocenters. The van der Waals surface area contributed by atoms with Gasteiger partial charge in [-0.25, -0.2) is 0 Å². The molecule has 3 nitrogen and oxygen atoms in total. The molecule has 0 aliphatic carbocycles. The fourth-order valence-corrected chi connectivity index (χ4v) is 1.92. The minimum atomic E-state index is -0.570. The number of hydrogen-bond donors (Lipinski definition) is 2. The van der Waals surface area contributed by atoms with E-state index in [1.54, 1.807) is 0 Å². The van der Waals surface area contributed by atoms with Gasteiger partial charge in [-0.15, -0.1) is 0 Å². The maximum Gasteiger partial charge on any atom is 0.0869 e. The topological polar surface area (TPSA) is 35.5 Å². The van der Waals surface area contributed by atoms with Crippen molar-refractivity contribution < 1.29 is 5.11 Å². The lowest BCUT2D eigenvalue weighted by Crippen LogP contribution is -2.45. The molecule has 3 heteroatoms. The number of nitrogens with zero attached hydrogens (tertiary/aromatic N) is 1. The molecule has 1 rings (SSSR count). The van der Waals surface area contributed by atoms with Crippen molar-refractivity contribution in [2.75, 3.05) is 26.2 Å². The molecule has 1 aliphatic rings. The zero-order chi connectivity index (χ0) is 9.90. The van der Waals surface area contributed by atoms with Crippen molar-refractivity contribution in [1.82, 2.24) is 10.2 Å². The molecular formula is C10H22N2O. The third kappa shape index (κ3) is 3.25. The smallest absolute Gasteiger partial charge is 0.0869 e. The van der Waals surface area contributed by atoms with Gasteiger partial charge in [0, 0.05) is 25.7 Å². The molecule has 1 aliphatic heterocycles. The zero-order valence-corrected chi connectivity index (χ0v) is 9.01. The van der Waals surface area contributed by atoms with E-state index in [0.717, 1.165) is 26.1 Å². The van der Waals surface area contributed by atoms with Crippen LogP contribution in [0.1, 0.15) is 27.2 Å². The molecule has 0 aromatic carbocycles. The van der Waals surface area contributed by atoms with Crippen molar-refractivity contribution in [2.45, 2.75) is 38.8 Å². The highest BCUT2D eigenvalue weighted by atomic mass is 16.3. The lowest BCUT2D eigenvalue weighted by molar-refractivity contribution is 0.0266. The fraction of sp³-hybridized carbons (Fsp3) is 1.00. The summed E-state index contributed by atoms with van der Waals surface area (Å²) in [6, 6.07) is 0.536. The average Bonchev–Trinajstić information content (AvgIpc) is 2.12. The second-order valence-corrected chi connectivity index (χ2v) is 4.45. The van der Waals surface area contributed by atoms with E-state index in [1.807, 2.05) is 6.92 Å². The molecule has 1 heterocycles. The molecule has 0 aromatic heterocycles. The van der Waals surface area contributed by atoms with Crippen molar-refractivity contribution in [1.29, 1.82) is 0 Å². The van der Waals surface area contributed by atoms with Crippen LogP contribution in [0.4, 0.5) is 0 Å². The summed E-state index contributed by atoms with van der Waals surface area (Å²) in [4.78, 5) is 2.36. The molecule has 78 valence electrons. The third-order valence-corrected chi connectivity index (χ3v) is 2.62. The molecule has 0 saturated carbocycles. The Labute approximate surface area is 81.1 Å². The van der Waals surface area contributed by atoms with Gasteiger partial charge in [0.2, 0.25) is 0 Å². The van der Waals surface area contributed by atoms with Gasteiger partial charge in [0.05, 0.1) is 5.60 Å². The first-order valence-corrected chi connectivity index (χ1v) is 5.22. The van der Waals surface area contributed by atoms with Gasteiger partial charge in [-0.05, 0) is 26.8 Å². The molecular weight excluding hydrogens is 164 g/mol. The Morgan fingerprint density at radius 3 is 2.92 bits per heavy atom. The van der Waals surface area contributed by atoms with E-state index in [1.165, 1.54) is 0 Å². The Balaban J connectivity index is 2.56. The monoisotopic (exact) mass is 186 g/mol. The Bertz CT molecular complexity index is 159. The third-order valence-electron chi connectivity index (χ3n) is 2.62. The van der Waals surface area contributed by atoms with Crippen LogP contribution in [0.5, 0.6) is 0 Å². The van der Waals surface area contributed by atoms with E-state index in [4.69, 9.17) is 0 Å². The van der Waals surface area contributed by atoms with Crippen LogP contribution in [0.2, 0.25) is 0 Å². The Morgan fingerprint density at radius 2 is 2.31 bits per heavy atom. The van der Waals surface area contributed by atoms with E-state index < -0.39 is 5.60 Å². The van der Waals surface area contributed by atoms with E-state index in [2.05, 4.69) is 24.1 Å². The van der Waals surface area contributed by atoms with Gasteiger partial charge in [0.1, 0.15) is 0 Å². The molecule has 13 heavy (non-hydrogen) atoms. The van der Waals surface area contributed by atoms with Crippen molar-refractivity contribution >= 4 is 0 Å². The summed E-state index contributed by atoms with van der Waals surface area (Å²) < 4.78 is 0. The fourth-order valence-electron chi connectivity index (χ4n) is 1.92. The second kappa shape index (κ2) is 4.40. The van der Waals surface area contributed by atoms with E-state index in [0.29, 0.717) is 12.6 Å². The Morgan fingerprint density at radius 1 is 1.62 bits per heavy atom. The molecule has 0 spiro atoms. The first-order chi connectivity index (χ1) is 6.05. The van der Waals surface area contributed by atoms with Gasteiger partial charge in [-0.2, -0.15) is 0 Å². The summed E-state index contributed by atoms with van der Waals surface area (Å²) >= 11 is 0. The number of rotatable bonds is 2. The second-order valence-electron chi connectivity index (χ2n) is 4.45. The lowest BCUT2D eigenvalue weighted by Gasteiger charge is -2.30. The molecule has 2 N–H and O–H groups in total. The van der Waals surface area contributed by atoms with Crippen LogP contribution < -0.4 is 5.32 Å². The highest BCUT2D eigenvalue weighted by Gasteiger charge is 2.29. The van der Waals surface area contributed by atoms with Gasteiger partial charge in [-0.1, -0.05) is 6.92 Å². The number of nitrogens with one attached hydrogen (secondary N) is 1. The van der Waals surface area contributed by atoms with E-state index >= 15 is 0 Å². The van der Waals surface area contributed by atoms with Gasteiger partial charge < -0.3 is 10.4 Å². The minimum absolute atomic E-state index is 0.536. The average molecular weight is 186 g/mol. The first-order valence-electron chi connectivity index (χ1n) is 5.22. The SMILES string of the molecule is CCCN1CC(C)(O)CNCC1C. The first kappa shape index (κ1) is 11.0. The maximum absolute atomic E-state index is 9.97. The van der Waals surface area contributed by atoms with Crippen LogP contribution in [0.25, 0.3) is 0 Å². The summed E-state index contributed by atoms with van der Waals surface area (Å²) in [5.74, 6) is 0. The van der Waals surface area contributed by atoms with Crippen molar-refractivity contribution in [3.8, 4) is 0 Å². The van der Waals surface area contributed by atoms with E-state index in [9.17, 15) is 5.11 Å². The molecule has 1 fully saturated rings. The maximum atomic E-state index is 9.97. The number of hydrogen-bond acceptors (Lipinski definition) is 3. The van der Waals surface area contributed by atoms with Crippen molar-refractivity contribution in [2.24, 2.45) is 0 Å².